The predicted octanol–water partition coefficient (Wildman–Crippen LogP) is 4.67. The van der Waals surface area contributed by atoms with Crippen LogP contribution in [0.4, 0.5) is 5.82 Å². The first kappa shape index (κ1) is 22.0. The average molecular weight is 479 g/mol. The van der Waals surface area contributed by atoms with Crippen molar-refractivity contribution in [2.75, 3.05) is 18.0 Å². The molecule has 5 rings (SSSR count). The molecule has 1 aromatic heterocycles. The van der Waals surface area contributed by atoms with Gasteiger partial charge in [0.25, 0.3) is 5.56 Å². The van der Waals surface area contributed by atoms with E-state index in [1.54, 1.807) is 31.2 Å². The van der Waals surface area contributed by atoms with E-state index in [0.29, 0.717) is 27.4 Å². The van der Waals surface area contributed by atoms with Crippen molar-refractivity contribution in [1.29, 1.82) is 0 Å². The fourth-order valence-corrected chi connectivity index (χ4v) is 5.69. The maximum atomic E-state index is 13.0. The zero-order valence-electron chi connectivity index (χ0n) is 18.3. The van der Waals surface area contributed by atoms with E-state index in [0.717, 1.165) is 37.9 Å². The molecule has 0 unspecified atom stereocenters. The van der Waals surface area contributed by atoms with Crippen molar-refractivity contribution in [3.63, 3.8) is 0 Å². The number of piperidine rings is 1. The Kier molecular flexibility index (Phi) is 5.49. The fraction of sp³-hybridized carbons (Fsp3) is 0.308. The fourth-order valence-electron chi connectivity index (χ4n) is 5.32. The van der Waals surface area contributed by atoms with Crippen LogP contribution < -0.4 is 16.2 Å². The smallest absolute Gasteiger partial charge is 0.260 e. The Morgan fingerprint density at radius 2 is 1.91 bits per heavy atom. The van der Waals surface area contributed by atoms with Crippen LogP contribution in [0.25, 0.3) is 5.69 Å². The summed E-state index contributed by atoms with van der Waals surface area (Å²) < 4.78 is 1.50. The molecule has 1 aliphatic carbocycles. The summed E-state index contributed by atoms with van der Waals surface area (Å²) in [5.74, 6) is 3.96. The van der Waals surface area contributed by atoms with Gasteiger partial charge in [0.1, 0.15) is 11.6 Å². The number of fused-ring (bicyclic) bond motifs is 1. The monoisotopic (exact) mass is 478 g/mol. The summed E-state index contributed by atoms with van der Waals surface area (Å²) in [7, 11) is 0. The first-order valence-electron chi connectivity index (χ1n) is 11.0. The Bertz CT molecular complexity index is 1350. The topological polar surface area (TPSA) is 64.2 Å². The van der Waals surface area contributed by atoms with Crippen LogP contribution in [0, 0.1) is 24.7 Å². The molecule has 1 saturated heterocycles. The van der Waals surface area contributed by atoms with Gasteiger partial charge in [-0.3, -0.25) is 9.36 Å². The zero-order valence-corrected chi connectivity index (χ0v) is 19.8. The number of anilines is 1. The molecule has 3 aromatic rings. The van der Waals surface area contributed by atoms with Crippen LogP contribution in [0.5, 0.6) is 0 Å². The molecule has 7 heteroatoms. The maximum absolute atomic E-state index is 13.0. The van der Waals surface area contributed by atoms with Crippen LogP contribution >= 0.6 is 23.2 Å². The highest BCUT2D eigenvalue weighted by Gasteiger charge is 2.46. The van der Waals surface area contributed by atoms with Crippen molar-refractivity contribution < 1.29 is 0 Å². The zero-order chi connectivity index (χ0) is 23.3. The van der Waals surface area contributed by atoms with Gasteiger partial charge in [-0.15, -0.1) is 6.42 Å². The van der Waals surface area contributed by atoms with Gasteiger partial charge in [0.2, 0.25) is 0 Å². The second-order valence-electron chi connectivity index (χ2n) is 8.99. The Morgan fingerprint density at radius 3 is 2.61 bits per heavy atom. The minimum Gasteiger partial charge on any atom is -0.356 e. The lowest BCUT2D eigenvalue weighted by Crippen LogP contribution is -2.45. The number of terminal acetylenes is 1. The molecular formula is C26H24Cl2N4O. The van der Waals surface area contributed by atoms with E-state index in [2.05, 4.69) is 23.0 Å². The highest BCUT2D eigenvalue weighted by Crippen LogP contribution is 2.51. The van der Waals surface area contributed by atoms with E-state index in [1.165, 1.54) is 15.7 Å². The summed E-state index contributed by atoms with van der Waals surface area (Å²) in [6.45, 7) is 3.38. The number of rotatable bonds is 2. The molecule has 1 fully saturated rings. The summed E-state index contributed by atoms with van der Waals surface area (Å²) in [5.41, 5.74) is 10.5. The van der Waals surface area contributed by atoms with Crippen LogP contribution in [-0.4, -0.2) is 22.6 Å². The lowest BCUT2D eigenvalue weighted by molar-refractivity contribution is 0.187. The number of aryl methyl sites for hydroxylation is 1. The molecule has 2 aliphatic rings. The summed E-state index contributed by atoms with van der Waals surface area (Å²) in [4.78, 5) is 19.9. The number of nitrogens with two attached hydrogens (primary N) is 1. The summed E-state index contributed by atoms with van der Waals surface area (Å²) in [5, 5.41) is 0.955. The van der Waals surface area contributed by atoms with Crippen LogP contribution in [0.1, 0.15) is 41.4 Å². The highest BCUT2D eigenvalue weighted by molar-refractivity contribution is 6.34. The minimum absolute atomic E-state index is 0.0183. The lowest BCUT2D eigenvalue weighted by Gasteiger charge is -2.42. The first-order valence-corrected chi connectivity index (χ1v) is 11.7. The van der Waals surface area contributed by atoms with Crippen molar-refractivity contribution in [2.45, 2.75) is 32.2 Å². The van der Waals surface area contributed by atoms with E-state index in [1.807, 2.05) is 6.07 Å². The number of benzene rings is 2. The van der Waals surface area contributed by atoms with Crippen LogP contribution in [-0.2, 0) is 6.42 Å². The largest absolute Gasteiger partial charge is 0.356 e. The molecule has 2 aromatic carbocycles. The molecule has 168 valence electrons. The molecular weight excluding hydrogens is 455 g/mol. The molecule has 5 nitrogen and oxygen atoms in total. The maximum Gasteiger partial charge on any atom is 0.260 e. The van der Waals surface area contributed by atoms with E-state index in [-0.39, 0.29) is 17.0 Å². The number of halogens is 2. The second kappa shape index (κ2) is 8.22. The molecule has 2 N–H and O–H groups in total. The molecule has 0 radical (unpaired) electrons. The van der Waals surface area contributed by atoms with Crippen molar-refractivity contribution in [3.8, 4) is 18.0 Å². The number of aromatic nitrogens is 2. The van der Waals surface area contributed by atoms with Gasteiger partial charge in [-0.2, -0.15) is 0 Å². The highest BCUT2D eigenvalue weighted by atomic mass is 35.5. The van der Waals surface area contributed by atoms with Crippen molar-refractivity contribution in [2.24, 2.45) is 11.1 Å². The van der Waals surface area contributed by atoms with E-state index < -0.39 is 0 Å². The van der Waals surface area contributed by atoms with E-state index in [9.17, 15) is 4.79 Å². The van der Waals surface area contributed by atoms with Gasteiger partial charge < -0.3 is 10.6 Å². The van der Waals surface area contributed by atoms with Gasteiger partial charge in [0.05, 0.1) is 10.7 Å². The normalized spacial score (nSPS) is 18.9. The number of hydrogen-bond acceptors (Lipinski definition) is 4. The summed E-state index contributed by atoms with van der Waals surface area (Å²) in [6, 6.07) is 12.8. The Hall–Kier alpha value is -2.78. The van der Waals surface area contributed by atoms with Gasteiger partial charge >= 0.3 is 0 Å². The van der Waals surface area contributed by atoms with E-state index in [4.69, 9.17) is 40.3 Å². The van der Waals surface area contributed by atoms with E-state index >= 15 is 0 Å². The molecule has 1 aliphatic heterocycles. The Labute approximate surface area is 203 Å². The molecule has 1 atom stereocenters. The lowest BCUT2D eigenvalue weighted by atomic mass is 9.73. The molecule has 1 spiro atoms. The Morgan fingerprint density at radius 1 is 1.15 bits per heavy atom. The molecule has 2 heterocycles. The second-order valence-corrected chi connectivity index (χ2v) is 9.84. The number of hydrogen-bond donors (Lipinski definition) is 1. The van der Waals surface area contributed by atoms with Gasteiger partial charge in [-0.1, -0.05) is 35.2 Å². The quantitative estimate of drug-likeness (QED) is 0.543. The average Bonchev–Trinajstić information content (AvgIpc) is 3.06. The van der Waals surface area contributed by atoms with Gasteiger partial charge in [0, 0.05) is 35.8 Å². The molecule has 0 bridgehead atoms. The number of nitrogens with zero attached hydrogens (tertiary/aromatic N) is 3. The van der Waals surface area contributed by atoms with Gasteiger partial charge in [-0.25, -0.2) is 4.98 Å². The van der Waals surface area contributed by atoms with Crippen LogP contribution in [0.3, 0.4) is 0 Å². The van der Waals surface area contributed by atoms with Gasteiger partial charge in [0.15, 0.2) is 0 Å². The third kappa shape index (κ3) is 3.73. The SMILES string of the molecule is C#Cc1ccc2c(c1)[C@@H](N)C1(CCN(c3cc(=O)n(-c4cc(Cl)ccc4Cl)c(C)n3)CC1)C2. The van der Waals surface area contributed by atoms with Crippen molar-refractivity contribution in [1.82, 2.24) is 9.55 Å². The molecule has 33 heavy (non-hydrogen) atoms. The Balaban J connectivity index is 1.39. The molecule has 0 amide bonds. The third-order valence-electron chi connectivity index (χ3n) is 7.16. The van der Waals surface area contributed by atoms with Gasteiger partial charge in [-0.05, 0) is 73.1 Å². The minimum atomic E-state index is -0.186. The first-order chi connectivity index (χ1) is 15.8. The summed E-state index contributed by atoms with van der Waals surface area (Å²) in [6.07, 6.45) is 8.40. The van der Waals surface area contributed by atoms with Crippen molar-refractivity contribution >= 4 is 29.0 Å². The standard InChI is InChI=1S/C26H24Cl2N4O/c1-3-17-4-5-18-15-26(25(29)20(18)12-17)8-10-31(11-9-26)23-14-24(33)32(16(2)30-23)22-13-19(27)6-7-21(22)28/h1,4-7,12-14,25H,8-11,15,29H2,2H3/t25-/m1/s1. The van der Waals surface area contributed by atoms with Crippen LogP contribution in [0.15, 0.2) is 47.3 Å². The predicted molar refractivity (Wildman–Crippen MR) is 133 cm³/mol. The molecule has 0 saturated carbocycles. The van der Waals surface area contributed by atoms with Crippen molar-refractivity contribution in [3.05, 3.63) is 85.4 Å². The third-order valence-corrected chi connectivity index (χ3v) is 7.71. The summed E-state index contributed by atoms with van der Waals surface area (Å²) >= 11 is 12.4. The van der Waals surface area contributed by atoms with Crippen LogP contribution in [0.2, 0.25) is 10.0 Å².